The molecule has 19 heavy (non-hydrogen) atoms. The quantitative estimate of drug-likeness (QED) is 0.885. The highest BCUT2D eigenvalue weighted by Gasteiger charge is 2.15. The third-order valence-corrected chi connectivity index (χ3v) is 4.92. The normalized spacial score (nSPS) is 13.7. The Morgan fingerprint density at radius 3 is 2.89 bits per heavy atom. The molecule has 0 fully saturated rings. The molecule has 1 aliphatic rings. The Morgan fingerprint density at radius 2 is 2.16 bits per heavy atom. The van der Waals surface area contributed by atoms with Gasteiger partial charge in [-0.2, -0.15) is 5.26 Å². The molecule has 1 heterocycles. The van der Waals surface area contributed by atoms with Gasteiger partial charge in [-0.1, -0.05) is 0 Å². The number of anilines is 2. The van der Waals surface area contributed by atoms with Crippen LogP contribution in [0.4, 0.5) is 10.8 Å². The molecule has 0 bridgehead atoms. The molecule has 5 heteroatoms. The number of thiazole rings is 1. The van der Waals surface area contributed by atoms with Crippen LogP contribution in [0.2, 0.25) is 0 Å². The second-order valence-corrected chi connectivity index (χ2v) is 6.47. The summed E-state index contributed by atoms with van der Waals surface area (Å²) in [7, 11) is 0. The molecule has 3 rings (SSSR count). The number of hydrogen-bond acceptors (Lipinski definition) is 4. The number of rotatable bonds is 2. The van der Waals surface area contributed by atoms with E-state index in [1.165, 1.54) is 23.4 Å². The number of nitrogens with zero attached hydrogens (tertiary/aromatic N) is 2. The monoisotopic (exact) mass is 333 g/mol. The van der Waals surface area contributed by atoms with Crippen LogP contribution in [0.5, 0.6) is 0 Å². The zero-order chi connectivity index (χ0) is 13.2. The first-order valence-electron chi connectivity index (χ1n) is 6.21. The molecule has 0 atom stereocenters. The van der Waals surface area contributed by atoms with E-state index in [2.05, 4.69) is 32.3 Å². The smallest absolute Gasteiger partial charge is 0.187 e. The van der Waals surface area contributed by atoms with Gasteiger partial charge < -0.3 is 5.32 Å². The van der Waals surface area contributed by atoms with Crippen molar-refractivity contribution in [3.8, 4) is 6.07 Å². The van der Waals surface area contributed by atoms with Crippen molar-refractivity contribution in [1.29, 1.82) is 5.26 Å². The highest BCUT2D eigenvalue weighted by Crippen LogP contribution is 2.32. The van der Waals surface area contributed by atoms with Gasteiger partial charge in [0.05, 0.1) is 11.3 Å². The largest absolute Gasteiger partial charge is 0.332 e. The molecule has 1 aromatic carbocycles. The first-order valence-corrected chi connectivity index (χ1v) is 7.82. The minimum absolute atomic E-state index is 0.643. The van der Waals surface area contributed by atoms with Gasteiger partial charge in [0, 0.05) is 15.0 Å². The van der Waals surface area contributed by atoms with Crippen LogP contribution >= 0.6 is 27.3 Å². The maximum atomic E-state index is 8.90. The van der Waals surface area contributed by atoms with E-state index in [9.17, 15) is 0 Å². The summed E-state index contributed by atoms with van der Waals surface area (Å²) in [5, 5.41) is 13.2. The van der Waals surface area contributed by atoms with Crippen molar-refractivity contribution in [2.45, 2.75) is 25.7 Å². The molecule has 2 aromatic rings. The third kappa shape index (κ3) is 2.65. The average Bonchev–Trinajstić information content (AvgIpc) is 2.81. The molecule has 0 amide bonds. The van der Waals surface area contributed by atoms with Gasteiger partial charge in [-0.3, -0.25) is 0 Å². The summed E-state index contributed by atoms with van der Waals surface area (Å²) < 4.78 is 0.807. The van der Waals surface area contributed by atoms with E-state index in [0.29, 0.717) is 5.56 Å². The lowest BCUT2D eigenvalue weighted by Gasteiger charge is -2.06. The highest BCUT2D eigenvalue weighted by molar-refractivity contribution is 9.10. The van der Waals surface area contributed by atoms with Gasteiger partial charge in [-0.15, -0.1) is 11.3 Å². The van der Waals surface area contributed by atoms with E-state index in [0.717, 1.165) is 28.1 Å². The number of aromatic nitrogens is 1. The summed E-state index contributed by atoms with van der Waals surface area (Å²) in [5.74, 6) is 0. The Hall–Kier alpha value is -1.38. The van der Waals surface area contributed by atoms with E-state index in [-0.39, 0.29) is 0 Å². The van der Waals surface area contributed by atoms with Crippen LogP contribution in [-0.2, 0) is 12.8 Å². The summed E-state index contributed by atoms with van der Waals surface area (Å²) in [6.45, 7) is 0. The fourth-order valence-corrected chi connectivity index (χ4v) is 3.75. The molecular formula is C14H12BrN3S. The number of nitrogens with one attached hydrogen (secondary N) is 1. The molecular weight excluding hydrogens is 322 g/mol. The zero-order valence-corrected chi connectivity index (χ0v) is 12.6. The number of hydrogen-bond donors (Lipinski definition) is 1. The summed E-state index contributed by atoms with van der Waals surface area (Å²) >= 11 is 5.14. The number of nitriles is 1. The molecule has 0 aliphatic heterocycles. The van der Waals surface area contributed by atoms with Crippen LogP contribution in [0.3, 0.4) is 0 Å². The van der Waals surface area contributed by atoms with Gasteiger partial charge in [0.15, 0.2) is 5.13 Å². The van der Waals surface area contributed by atoms with Crippen LogP contribution in [0.1, 0.15) is 29.0 Å². The van der Waals surface area contributed by atoms with Crippen molar-refractivity contribution in [3.63, 3.8) is 0 Å². The van der Waals surface area contributed by atoms with Crippen LogP contribution < -0.4 is 5.32 Å². The molecule has 0 saturated heterocycles. The van der Waals surface area contributed by atoms with Crippen LogP contribution in [0.25, 0.3) is 0 Å². The lowest BCUT2D eigenvalue weighted by Crippen LogP contribution is -1.99. The topological polar surface area (TPSA) is 48.7 Å². The molecule has 0 spiro atoms. The highest BCUT2D eigenvalue weighted by atomic mass is 79.9. The average molecular weight is 334 g/mol. The fraction of sp³-hybridized carbons (Fsp3) is 0.286. The van der Waals surface area contributed by atoms with Gasteiger partial charge in [-0.05, 0) is 59.8 Å². The molecule has 1 aliphatic carbocycles. The van der Waals surface area contributed by atoms with Gasteiger partial charge >= 0.3 is 0 Å². The molecule has 0 saturated carbocycles. The minimum Gasteiger partial charge on any atom is -0.332 e. The van der Waals surface area contributed by atoms with Crippen molar-refractivity contribution in [3.05, 3.63) is 38.8 Å². The first-order chi connectivity index (χ1) is 9.26. The first kappa shape index (κ1) is 12.6. The third-order valence-electron chi connectivity index (χ3n) is 3.19. The predicted octanol–water partition coefficient (Wildman–Crippen LogP) is 4.40. The van der Waals surface area contributed by atoms with Gasteiger partial charge in [-0.25, -0.2) is 4.98 Å². The Morgan fingerprint density at radius 1 is 1.32 bits per heavy atom. The van der Waals surface area contributed by atoms with Crippen molar-refractivity contribution in [2.75, 3.05) is 5.32 Å². The van der Waals surface area contributed by atoms with Crippen molar-refractivity contribution in [1.82, 2.24) is 4.98 Å². The summed E-state index contributed by atoms with van der Waals surface area (Å²) in [6.07, 6.45) is 4.78. The number of halogens is 1. The van der Waals surface area contributed by atoms with Gasteiger partial charge in [0.25, 0.3) is 0 Å². The van der Waals surface area contributed by atoms with Gasteiger partial charge in [0.1, 0.15) is 6.07 Å². The Labute approximate surface area is 124 Å². The summed E-state index contributed by atoms with van der Waals surface area (Å²) in [6, 6.07) is 7.77. The SMILES string of the molecule is N#Cc1ccc(Nc2nc3c(s2)CCCC3)cc1Br. The van der Waals surface area contributed by atoms with Crippen molar-refractivity contribution in [2.24, 2.45) is 0 Å². The predicted molar refractivity (Wildman–Crippen MR) is 80.9 cm³/mol. The molecule has 1 N–H and O–H groups in total. The van der Waals surface area contributed by atoms with E-state index in [1.807, 2.05) is 12.1 Å². The van der Waals surface area contributed by atoms with Crippen LogP contribution in [0.15, 0.2) is 22.7 Å². The lowest BCUT2D eigenvalue weighted by molar-refractivity contribution is 0.683. The number of fused-ring (bicyclic) bond motifs is 1. The molecule has 1 aromatic heterocycles. The molecule has 96 valence electrons. The Kier molecular flexibility index (Phi) is 3.54. The Balaban J connectivity index is 1.83. The molecule has 0 radical (unpaired) electrons. The zero-order valence-electron chi connectivity index (χ0n) is 10.2. The Bertz CT molecular complexity index is 634. The summed E-state index contributed by atoms with van der Waals surface area (Å²) in [5.41, 5.74) is 2.85. The molecule has 3 nitrogen and oxygen atoms in total. The van der Waals surface area contributed by atoms with Crippen molar-refractivity contribution >= 4 is 38.1 Å². The van der Waals surface area contributed by atoms with Crippen LogP contribution in [-0.4, -0.2) is 4.98 Å². The number of benzene rings is 1. The minimum atomic E-state index is 0.643. The van der Waals surface area contributed by atoms with Crippen molar-refractivity contribution < 1.29 is 0 Å². The second-order valence-electron chi connectivity index (χ2n) is 4.53. The van der Waals surface area contributed by atoms with Gasteiger partial charge in [0.2, 0.25) is 0 Å². The maximum absolute atomic E-state index is 8.90. The number of aryl methyl sites for hydroxylation is 2. The standard InChI is InChI=1S/C14H12BrN3S/c15-11-7-10(6-5-9(11)8-16)17-14-18-12-3-1-2-4-13(12)19-14/h5-7H,1-4H2,(H,17,18). The second kappa shape index (κ2) is 5.32. The molecule has 0 unspecified atom stereocenters. The fourth-order valence-electron chi connectivity index (χ4n) is 2.21. The van der Waals surface area contributed by atoms with E-state index in [1.54, 1.807) is 17.4 Å². The van der Waals surface area contributed by atoms with Crippen LogP contribution in [0, 0.1) is 11.3 Å². The van der Waals surface area contributed by atoms with E-state index in [4.69, 9.17) is 5.26 Å². The summed E-state index contributed by atoms with van der Waals surface area (Å²) in [4.78, 5) is 6.06. The van der Waals surface area contributed by atoms with E-state index < -0.39 is 0 Å². The maximum Gasteiger partial charge on any atom is 0.187 e. The lowest BCUT2D eigenvalue weighted by atomic mass is 10.0. The van der Waals surface area contributed by atoms with E-state index >= 15 is 0 Å².